The number of carbonyl (C=O) groups excluding carboxylic acids is 3. The van der Waals surface area contributed by atoms with E-state index in [2.05, 4.69) is 0 Å². The average molecular weight is 479 g/mol. The lowest BCUT2D eigenvalue weighted by atomic mass is 10.0. The molecule has 3 aromatic rings. The van der Waals surface area contributed by atoms with Crippen LogP contribution in [-0.4, -0.2) is 65.3 Å². The van der Waals surface area contributed by atoms with E-state index >= 15 is 0 Å². The van der Waals surface area contributed by atoms with E-state index in [0.717, 1.165) is 35.0 Å². The second kappa shape index (κ2) is 8.80. The van der Waals surface area contributed by atoms with Gasteiger partial charge in [0.1, 0.15) is 6.54 Å². The van der Waals surface area contributed by atoms with Crippen molar-refractivity contribution >= 4 is 45.9 Å². The topological polar surface area (TPSA) is 65.9 Å². The molecule has 0 N–H and O–H groups in total. The van der Waals surface area contributed by atoms with E-state index in [1.54, 1.807) is 37.0 Å². The Kier molecular flexibility index (Phi) is 5.81. The van der Waals surface area contributed by atoms with Gasteiger partial charge in [-0.1, -0.05) is 35.9 Å². The number of benzene rings is 2. The minimum atomic E-state index is -0.0627. The third kappa shape index (κ3) is 3.94. The zero-order chi connectivity index (χ0) is 24.0. The fourth-order valence-corrected chi connectivity index (χ4v) is 5.20. The van der Waals surface area contributed by atoms with Gasteiger partial charge in [-0.3, -0.25) is 14.4 Å². The largest absolute Gasteiger partial charge is 0.347 e. The smallest absolute Gasteiger partial charge is 0.256 e. The van der Waals surface area contributed by atoms with E-state index in [0.29, 0.717) is 30.1 Å². The van der Waals surface area contributed by atoms with E-state index in [1.165, 1.54) is 4.90 Å². The van der Waals surface area contributed by atoms with Crippen molar-refractivity contribution in [3.8, 4) is 0 Å². The standard InChI is InChI=1S/C26H27ClN4O3/c1-28(2)25(33)16-30-15-21(20-8-7-18(27)14-23(20)30)26(34)29-11-9-19(10-12-29)31-22-6-4-3-5-17(22)13-24(31)32/h3-8,14-15,19H,9-13,16H2,1-2H3. The Morgan fingerprint density at radius 1 is 1.09 bits per heavy atom. The number of hydrogen-bond donors (Lipinski definition) is 0. The van der Waals surface area contributed by atoms with Crippen molar-refractivity contribution < 1.29 is 14.4 Å². The summed E-state index contributed by atoms with van der Waals surface area (Å²) in [5.41, 5.74) is 3.41. The summed E-state index contributed by atoms with van der Waals surface area (Å²) in [5.74, 6) is 0.0127. The molecule has 1 saturated heterocycles. The van der Waals surface area contributed by atoms with Crippen molar-refractivity contribution in [1.82, 2.24) is 14.4 Å². The highest BCUT2D eigenvalue weighted by molar-refractivity contribution is 6.31. The molecule has 0 atom stereocenters. The number of anilines is 1. The Hall–Kier alpha value is -3.32. The molecule has 7 nitrogen and oxygen atoms in total. The molecule has 3 heterocycles. The summed E-state index contributed by atoms with van der Waals surface area (Å²) in [7, 11) is 3.42. The van der Waals surface area contributed by atoms with Crippen molar-refractivity contribution in [3.05, 3.63) is 64.8 Å². The van der Waals surface area contributed by atoms with Crippen LogP contribution in [0.2, 0.25) is 5.02 Å². The Labute approximate surface area is 203 Å². The van der Waals surface area contributed by atoms with Crippen molar-refractivity contribution in [1.29, 1.82) is 0 Å². The van der Waals surface area contributed by atoms with Crippen LogP contribution in [0.25, 0.3) is 10.9 Å². The molecular formula is C26H27ClN4O3. The summed E-state index contributed by atoms with van der Waals surface area (Å²) in [5, 5.41) is 1.34. The first-order valence-electron chi connectivity index (χ1n) is 11.5. The SMILES string of the molecule is CN(C)C(=O)Cn1cc(C(=O)N2CCC(N3C(=O)Cc4ccccc43)CC2)c2ccc(Cl)cc21. The first-order valence-corrected chi connectivity index (χ1v) is 11.9. The number of carbonyl (C=O) groups is 3. The normalized spacial score (nSPS) is 16.3. The number of fused-ring (bicyclic) bond motifs is 2. The van der Waals surface area contributed by atoms with Gasteiger partial charge in [-0.2, -0.15) is 0 Å². The van der Waals surface area contributed by atoms with Crippen LogP contribution in [-0.2, 0) is 22.6 Å². The third-order valence-corrected chi connectivity index (χ3v) is 7.09. The Morgan fingerprint density at radius 2 is 1.82 bits per heavy atom. The van der Waals surface area contributed by atoms with Crippen LogP contribution >= 0.6 is 11.6 Å². The Morgan fingerprint density at radius 3 is 2.56 bits per heavy atom. The molecular weight excluding hydrogens is 452 g/mol. The van der Waals surface area contributed by atoms with Crippen LogP contribution < -0.4 is 4.90 Å². The van der Waals surface area contributed by atoms with Crippen molar-refractivity contribution in [2.24, 2.45) is 0 Å². The van der Waals surface area contributed by atoms with Crippen LogP contribution in [0, 0.1) is 0 Å². The van der Waals surface area contributed by atoms with Gasteiger partial charge >= 0.3 is 0 Å². The number of hydrogen-bond acceptors (Lipinski definition) is 3. The highest BCUT2D eigenvalue weighted by Crippen LogP contribution is 2.34. The van der Waals surface area contributed by atoms with Gasteiger partial charge in [-0.25, -0.2) is 0 Å². The van der Waals surface area contributed by atoms with Crippen LogP contribution in [0.5, 0.6) is 0 Å². The third-order valence-electron chi connectivity index (χ3n) is 6.86. The maximum Gasteiger partial charge on any atom is 0.256 e. The quantitative estimate of drug-likeness (QED) is 0.575. The number of nitrogens with zero attached hydrogens (tertiary/aromatic N) is 4. The molecule has 0 saturated carbocycles. The van der Waals surface area contributed by atoms with Gasteiger partial charge in [0.2, 0.25) is 11.8 Å². The number of piperidine rings is 1. The van der Waals surface area contributed by atoms with Crippen molar-refractivity contribution in [2.45, 2.75) is 31.8 Å². The number of rotatable bonds is 4. The summed E-state index contributed by atoms with van der Waals surface area (Å²) in [6.45, 7) is 1.29. The molecule has 2 aliphatic heterocycles. The molecule has 34 heavy (non-hydrogen) atoms. The molecule has 2 aromatic carbocycles. The lowest BCUT2D eigenvalue weighted by Gasteiger charge is -2.37. The average Bonchev–Trinajstić information content (AvgIpc) is 3.35. The van der Waals surface area contributed by atoms with Crippen LogP contribution in [0.3, 0.4) is 0 Å². The zero-order valence-electron chi connectivity index (χ0n) is 19.3. The molecule has 0 spiro atoms. The summed E-state index contributed by atoms with van der Waals surface area (Å²) in [6, 6.07) is 13.4. The van der Waals surface area contributed by atoms with Gasteiger partial charge in [0, 0.05) is 55.5 Å². The molecule has 176 valence electrons. The summed E-state index contributed by atoms with van der Waals surface area (Å²) < 4.78 is 1.80. The molecule has 1 fully saturated rings. The number of likely N-dealkylation sites (N-methyl/N-ethyl adjacent to an activating group) is 1. The number of aromatic nitrogens is 1. The first-order chi connectivity index (χ1) is 16.3. The van der Waals surface area contributed by atoms with E-state index in [1.807, 2.05) is 40.1 Å². The minimum Gasteiger partial charge on any atom is -0.347 e. The fourth-order valence-electron chi connectivity index (χ4n) is 5.03. The van der Waals surface area contributed by atoms with Crippen molar-refractivity contribution in [2.75, 3.05) is 32.1 Å². The van der Waals surface area contributed by atoms with Crippen molar-refractivity contribution in [3.63, 3.8) is 0 Å². The molecule has 1 aromatic heterocycles. The van der Waals surface area contributed by atoms with Crippen LogP contribution in [0.1, 0.15) is 28.8 Å². The van der Waals surface area contributed by atoms with Crippen LogP contribution in [0.15, 0.2) is 48.7 Å². The van der Waals surface area contributed by atoms with E-state index in [9.17, 15) is 14.4 Å². The predicted octanol–water partition coefficient (Wildman–Crippen LogP) is 3.58. The summed E-state index contributed by atoms with van der Waals surface area (Å²) in [6.07, 6.45) is 3.67. The second-order valence-electron chi connectivity index (χ2n) is 9.21. The molecule has 0 aliphatic carbocycles. The molecule has 0 bridgehead atoms. The highest BCUT2D eigenvalue weighted by atomic mass is 35.5. The zero-order valence-corrected chi connectivity index (χ0v) is 20.1. The molecule has 5 rings (SSSR count). The van der Waals surface area contributed by atoms with Gasteiger partial charge < -0.3 is 19.3 Å². The monoisotopic (exact) mass is 478 g/mol. The van der Waals surface area contributed by atoms with Gasteiger partial charge in [-0.05, 0) is 36.6 Å². The summed E-state index contributed by atoms with van der Waals surface area (Å²) >= 11 is 6.22. The van der Waals surface area contributed by atoms with E-state index in [4.69, 9.17) is 11.6 Å². The molecule has 0 radical (unpaired) electrons. The maximum absolute atomic E-state index is 13.5. The molecule has 3 amide bonds. The highest BCUT2D eigenvalue weighted by Gasteiger charge is 2.36. The number of halogens is 1. The fraction of sp³-hybridized carbons (Fsp3) is 0.346. The van der Waals surface area contributed by atoms with Gasteiger partial charge in [0.25, 0.3) is 5.91 Å². The van der Waals surface area contributed by atoms with Gasteiger partial charge in [-0.15, -0.1) is 0 Å². The van der Waals surface area contributed by atoms with Gasteiger partial charge in [0.05, 0.1) is 17.5 Å². The lowest BCUT2D eigenvalue weighted by Crippen LogP contribution is -2.48. The van der Waals surface area contributed by atoms with E-state index < -0.39 is 0 Å². The molecule has 2 aliphatic rings. The lowest BCUT2D eigenvalue weighted by molar-refractivity contribution is -0.129. The van der Waals surface area contributed by atoms with Crippen LogP contribution in [0.4, 0.5) is 5.69 Å². The first kappa shape index (κ1) is 22.5. The second-order valence-corrected chi connectivity index (χ2v) is 9.65. The Balaban J connectivity index is 1.35. The number of likely N-dealkylation sites (tertiary alicyclic amines) is 1. The van der Waals surface area contributed by atoms with E-state index in [-0.39, 0.29) is 30.3 Å². The number of para-hydroxylation sites is 1. The summed E-state index contributed by atoms with van der Waals surface area (Å²) in [4.78, 5) is 43.9. The number of amides is 3. The van der Waals surface area contributed by atoms with Gasteiger partial charge in [0.15, 0.2) is 0 Å². The molecule has 8 heteroatoms. The maximum atomic E-state index is 13.5. The molecule has 0 unspecified atom stereocenters. The minimum absolute atomic E-state index is 0.0602. The predicted molar refractivity (Wildman–Crippen MR) is 132 cm³/mol. The Bertz CT molecular complexity index is 1290.